The Morgan fingerprint density at radius 3 is 2.41 bits per heavy atom. The average Bonchev–Trinajstić information content (AvgIpc) is 2.95. The Morgan fingerprint density at radius 1 is 1.00 bits per heavy atom. The van der Waals surface area contributed by atoms with Crippen LogP contribution >= 0.6 is 23.2 Å². The molecule has 2 aliphatic heterocycles. The summed E-state index contributed by atoms with van der Waals surface area (Å²) in [6, 6.07) is 12.4. The molecule has 150 valence electrons. The molecular formula is C23H22Cl2N2O2. The standard InChI is InChI=1S/C23H22Cl2N2O2/c1-14-5-4-12-26(13-14)21-20(16-8-10-17(24)11-9-16)22(28)27(23(21)29)19-7-3-6-18(25)15(19)2/h3,6-11,14H,4-5,12-13H2,1-2H3. The van der Waals surface area contributed by atoms with Crippen LogP contribution in [0.15, 0.2) is 48.2 Å². The summed E-state index contributed by atoms with van der Waals surface area (Å²) >= 11 is 12.3. The lowest BCUT2D eigenvalue weighted by Gasteiger charge is -2.33. The number of halogens is 2. The first kappa shape index (κ1) is 20.0. The molecule has 2 heterocycles. The van der Waals surface area contributed by atoms with Crippen LogP contribution in [0.2, 0.25) is 10.0 Å². The van der Waals surface area contributed by atoms with Crippen molar-refractivity contribution in [3.05, 3.63) is 69.3 Å². The number of carbonyl (C=O) groups is 2. The van der Waals surface area contributed by atoms with Crippen LogP contribution in [0.25, 0.3) is 5.57 Å². The van der Waals surface area contributed by atoms with Gasteiger partial charge in [-0.25, -0.2) is 4.90 Å². The van der Waals surface area contributed by atoms with E-state index in [9.17, 15) is 9.59 Å². The molecule has 1 atom stereocenters. The lowest BCUT2D eigenvalue weighted by Crippen LogP contribution is -2.39. The van der Waals surface area contributed by atoms with Crippen LogP contribution in [0, 0.1) is 12.8 Å². The van der Waals surface area contributed by atoms with Gasteiger partial charge in [0.15, 0.2) is 0 Å². The molecule has 0 radical (unpaired) electrons. The highest BCUT2D eigenvalue weighted by atomic mass is 35.5. The summed E-state index contributed by atoms with van der Waals surface area (Å²) in [6.07, 6.45) is 2.12. The number of amides is 2. The molecule has 0 aliphatic carbocycles. The summed E-state index contributed by atoms with van der Waals surface area (Å²) < 4.78 is 0. The predicted octanol–water partition coefficient (Wildman–Crippen LogP) is 5.32. The summed E-state index contributed by atoms with van der Waals surface area (Å²) in [6.45, 7) is 5.52. The molecule has 0 bridgehead atoms. The van der Waals surface area contributed by atoms with Gasteiger partial charge in [-0.3, -0.25) is 9.59 Å². The Bertz CT molecular complexity index is 1010. The Hall–Kier alpha value is -2.30. The molecule has 1 unspecified atom stereocenters. The fourth-order valence-corrected chi connectivity index (χ4v) is 4.43. The second kappa shape index (κ2) is 7.85. The van der Waals surface area contributed by atoms with Gasteiger partial charge in [0.2, 0.25) is 0 Å². The van der Waals surface area contributed by atoms with Gasteiger partial charge in [-0.2, -0.15) is 0 Å². The largest absolute Gasteiger partial charge is 0.366 e. The first-order valence-corrected chi connectivity index (χ1v) is 10.5. The molecule has 2 amide bonds. The molecule has 2 aliphatic rings. The third-order valence-electron chi connectivity index (χ3n) is 5.65. The van der Waals surface area contributed by atoms with E-state index in [0.29, 0.717) is 44.0 Å². The normalized spacial score (nSPS) is 20.1. The molecule has 1 fully saturated rings. The van der Waals surface area contributed by atoms with E-state index in [4.69, 9.17) is 23.2 Å². The number of piperidine rings is 1. The van der Waals surface area contributed by atoms with E-state index in [-0.39, 0.29) is 11.8 Å². The van der Waals surface area contributed by atoms with Crippen molar-refractivity contribution in [2.24, 2.45) is 5.92 Å². The second-order valence-corrected chi connectivity index (χ2v) is 8.60. The summed E-state index contributed by atoms with van der Waals surface area (Å²) in [4.78, 5) is 30.4. The van der Waals surface area contributed by atoms with E-state index in [1.165, 1.54) is 4.90 Å². The van der Waals surface area contributed by atoms with Crippen LogP contribution in [-0.4, -0.2) is 29.8 Å². The van der Waals surface area contributed by atoms with Crippen LogP contribution < -0.4 is 4.90 Å². The van der Waals surface area contributed by atoms with Crippen LogP contribution in [0.4, 0.5) is 5.69 Å². The van der Waals surface area contributed by atoms with Gasteiger partial charge in [0.1, 0.15) is 5.70 Å². The van der Waals surface area contributed by atoms with Gasteiger partial charge in [-0.15, -0.1) is 0 Å². The Morgan fingerprint density at radius 2 is 1.72 bits per heavy atom. The first-order valence-electron chi connectivity index (χ1n) is 9.77. The molecule has 29 heavy (non-hydrogen) atoms. The van der Waals surface area contributed by atoms with Crippen molar-refractivity contribution in [3.63, 3.8) is 0 Å². The highest BCUT2D eigenvalue weighted by molar-refractivity contribution is 6.46. The molecule has 0 aromatic heterocycles. The third-order valence-corrected chi connectivity index (χ3v) is 6.31. The van der Waals surface area contributed by atoms with Gasteiger partial charge in [0.05, 0.1) is 11.3 Å². The minimum Gasteiger partial charge on any atom is -0.366 e. The van der Waals surface area contributed by atoms with Crippen LogP contribution in [0.5, 0.6) is 0 Å². The average molecular weight is 429 g/mol. The van der Waals surface area contributed by atoms with E-state index in [2.05, 4.69) is 11.8 Å². The zero-order chi connectivity index (χ0) is 20.7. The summed E-state index contributed by atoms with van der Waals surface area (Å²) in [5.41, 5.74) is 2.84. The van der Waals surface area contributed by atoms with Gasteiger partial charge in [-0.05, 0) is 61.1 Å². The number of hydrogen-bond acceptors (Lipinski definition) is 3. The van der Waals surface area contributed by atoms with E-state index >= 15 is 0 Å². The molecule has 6 heteroatoms. The topological polar surface area (TPSA) is 40.6 Å². The van der Waals surface area contributed by atoms with E-state index < -0.39 is 0 Å². The SMILES string of the molecule is Cc1c(Cl)cccc1N1C(=O)C(c2ccc(Cl)cc2)=C(N2CCCC(C)C2)C1=O. The molecule has 0 N–H and O–H groups in total. The number of anilines is 1. The number of carbonyl (C=O) groups excluding carboxylic acids is 2. The van der Waals surface area contributed by atoms with Crippen molar-refractivity contribution in [2.45, 2.75) is 26.7 Å². The molecule has 1 saturated heterocycles. The van der Waals surface area contributed by atoms with Crippen molar-refractivity contribution in [3.8, 4) is 0 Å². The monoisotopic (exact) mass is 428 g/mol. The lowest BCUT2D eigenvalue weighted by molar-refractivity contribution is -0.120. The molecule has 2 aromatic carbocycles. The second-order valence-electron chi connectivity index (χ2n) is 7.75. The highest BCUT2D eigenvalue weighted by Crippen LogP contribution is 2.38. The fourth-order valence-electron chi connectivity index (χ4n) is 4.14. The maximum absolute atomic E-state index is 13.6. The molecule has 0 saturated carbocycles. The lowest BCUT2D eigenvalue weighted by atomic mass is 9.98. The van der Waals surface area contributed by atoms with Gasteiger partial charge in [-0.1, -0.05) is 48.3 Å². The van der Waals surface area contributed by atoms with Crippen molar-refractivity contribution < 1.29 is 9.59 Å². The van der Waals surface area contributed by atoms with Crippen LogP contribution in [0.1, 0.15) is 30.9 Å². The van der Waals surface area contributed by atoms with Crippen molar-refractivity contribution in [1.29, 1.82) is 0 Å². The van der Waals surface area contributed by atoms with Crippen LogP contribution in [-0.2, 0) is 9.59 Å². The van der Waals surface area contributed by atoms with E-state index in [1.54, 1.807) is 42.5 Å². The predicted molar refractivity (Wildman–Crippen MR) is 117 cm³/mol. The maximum Gasteiger partial charge on any atom is 0.282 e. The van der Waals surface area contributed by atoms with Crippen molar-refractivity contribution in [2.75, 3.05) is 18.0 Å². The Balaban J connectivity index is 1.85. The molecule has 4 rings (SSSR count). The number of likely N-dealkylation sites (tertiary alicyclic amines) is 1. The third kappa shape index (κ3) is 3.56. The van der Waals surface area contributed by atoms with Crippen LogP contribution in [0.3, 0.4) is 0 Å². The zero-order valence-electron chi connectivity index (χ0n) is 16.4. The summed E-state index contributed by atoms with van der Waals surface area (Å²) in [5, 5.41) is 1.11. The van der Waals surface area contributed by atoms with Gasteiger partial charge < -0.3 is 4.90 Å². The Kier molecular flexibility index (Phi) is 5.41. The van der Waals surface area contributed by atoms with Gasteiger partial charge in [0.25, 0.3) is 11.8 Å². The minimum absolute atomic E-state index is 0.292. The molecule has 0 spiro atoms. The number of benzene rings is 2. The first-order chi connectivity index (χ1) is 13.9. The number of rotatable bonds is 3. The molecule has 4 nitrogen and oxygen atoms in total. The molecule has 2 aromatic rings. The molecular weight excluding hydrogens is 407 g/mol. The van der Waals surface area contributed by atoms with E-state index in [0.717, 1.165) is 25.9 Å². The summed E-state index contributed by atoms with van der Waals surface area (Å²) in [5.74, 6) is -0.150. The zero-order valence-corrected chi connectivity index (χ0v) is 17.9. The van der Waals surface area contributed by atoms with E-state index in [1.807, 2.05) is 6.92 Å². The van der Waals surface area contributed by atoms with Crippen molar-refractivity contribution in [1.82, 2.24) is 4.90 Å². The minimum atomic E-state index is -0.323. The number of nitrogens with zero attached hydrogens (tertiary/aromatic N) is 2. The number of imide groups is 1. The number of hydrogen-bond donors (Lipinski definition) is 0. The Labute approximate surface area is 180 Å². The van der Waals surface area contributed by atoms with Gasteiger partial charge in [0, 0.05) is 23.1 Å². The fraction of sp³-hybridized carbons (Fsp3) is 0.304. The van der Waals surface area contributed by atoms with Crippen molar-refractivity contribution >= 4 is 46.3 Å². The summed E-state index contributed by atoms with van der Waals surface area (Å²) in [7, 11) is 0. The van der Waals surface area contributed by atoms with Gasteiger partial charge >= 0.3 is 0 Å². The maximum atomic E-state index is 13.6. The quantitative estimate of drug-likeness (QED) is 0.621. The smallest absolute Gasteiger partial charge is 0.282 e. The highest BCUT2D eigenvalue weighted by Gasteiger charge is 2.43.